The van der Waals surface area contributed by atoms with Gasteiger partial charge in [-0.15, -0.1) is 11.6 Å². The van der Waals surface area contributed by atoms with E-state index in [2.05, 4.69) is 0 Å². The third-order valence-electron chi connectivity index (χ3n) is 2.74. The molecule has 1 aliphatic heterocycles. The largest absolute Gasteiger partial charge is 0.450 e. The molecule has 0 aromatic carbocycles. The lowest BCUT2D eigenvalue weighted by atomic mass is 10.2. The molecule has 0 aliphatic carbocycles. The summed E-state index contributed by atoms with van der Waals surface area (Å²) in [5.74, 6) is -0.0438. The molecular weight excluding hydrogens is 244 g/mol. The van der Waals surface area contributed by atoms with E-state index in [0.29, 0.717) is 39.2 Å². The van der Waals surface area contributed by atoms with Crippen LogP contribution in [-0.4, -0.2) is 60.0 Å². The Bertz CT molecular complexity index is 278. The van der Waals surface area contributed by atoms with E-state index in [4.69, 9.17) is 16.3 Å². The van der Waals surface area contributed by atoms with Gasteiger partial charge in [-0.25, -0.2) is 4.79 Å². The minimum Gasteiger partial charge on any atom is -0.450 e. The number of hydrogen-bond donors (Lipinski definition) is 0. The summed E-state index contributed by atoms with van der Waals surface area (Å²) in [6.45, 7) is 6.11. The Morgan fingerprint density at radius 1 is 1.18 bits per heavy atom. The van der Waals surface area contributed by atoms with Gasteiger partial charge in [-0.1, -0.05) is 6.92 Å². The predicted octanol–water partition coefficient (Wildman–Crippen LogP) is 1.30. The second-order valence-corrected chi connectivity index (χ2v) is 4.41. The fourth-order valence-electron chi connectivity index (χ4n) is 1.70. The SMILES string of the molecule is CCOC(=O)N1CCN(C(=O)C(Cl)CC)CC1. The number of ether oxygens (including phenoxy) is 1. The zero-order chi connectivity index (χ0) is 12.8. The van der Waals surface area contributed by atoms with E-state index in [-0.39, 0.29) is 12.0 Å². The molecule has 1 unspecified atom stereocenters. The van der Waals surface area contributed by atoms with E-state index >= 15 is 0 Å². The number of hydrogen-bond acceptors (Lipinski definition) is 3. The van der Waals surface area contributed by atoms with Crippen molar-refractivity contribution >= 4 is 23.6 Å². The normalized spacial score (nSPS) is 17.8. The van der Waals surface area contributed by atoms with Crippen molar-refractivity contribution in [2.24, 2.45) is 0 Å². The summed E-state index contributed by atoms with van der Waals surface area (Å²) in [6.07, 6.45) is 0.316. The molecular formula is C11H19ClN2O3. The number of carbonyl (C=O) groups excluding carboxylic acids is 2. The molecule has 6 heteroatoms. The van der Waals surface area contributed by atoms with Gasteiger partial charge in [-0.05, 0) is 13.3 Å². The van der Waals surface area contributed by atoms with E-state index in [0.717, 1.165) is 0 Å². The minimum atomic E-state index is -0.454. The van der Waals surface area contributed by atoms with Crippen LogP contribution in [0, 0.1) is 0 Å². The highest BCUT2D eigenvalue weighted by atomic mass is 35.5. The first-order chi connectivity index (χ1) is 8.10. The molecule has 1 atom stereocenters. The van der Waals surface area contributed by atoms with Gasteiger partial charge in [-0.3, -0.25) is 4.79 Å². The van der Waals surface area contributed by atoms with Crippen molar-refractivity contribution in [2.75, 3.05) is 32.8 Å². The van der Waals surface area contributed by atoms with Gasteiger partial charge < -0.3 is 14.5 Å². The highest BCUT2D eigenvalue weighted by molar-refractivity contribution is 6.30. The van der Waals surface area contributed by atoms with Crippen LogP contribution in [0.15, 0.2) is 0 Å². The molecule has 2 amide bonds. The smallest absolute Gasteiger partial charge is 0.409 e. The molecule has 1 rings (SSSR count). The number of halogens is 1. The molecule has 98 valence electrons. The maximum Gasteiger partial charge on any atom is 0.409 e. The Balaban J connectivity index is 2.40. The van der Waals surface area contributed by atoms with Gasteiger partial charge >= 0.3 is 6.09 Å². The summed E-state index contributed by atoms with van der Waals surface area (Å²) in [4.78, 5) is 26.5. The van der Waals surface area contributed by atoms with Crippen molar-refractivity contribution in [2.45, 2.75) is 25.6 Å². The van der Waals surface area contributed by atoms with E-state index in [9.17, 15) is 9.59 Å². The van der Waals surface area contributed by atoms with Gasteiger partial charge in [0.05, 0.1) is 6.61 Å². The van der Waals surface area contributed by atoms with Crippen LogP contribution in [0.1, 0.15) is 20.3 Å². The lowest BCUT2D eigenvalue weighted by Crippen LogP contribution is -2.52. The second kappa shape index (κ2) is 6.69. The van der Waals surface area contributed by atoms with Crippen LogP contribution in [0.3, 0.4) is 0 Å². The molecule has 0 aromatic heterocycles. The monoisotopic (exact) mass is 262 g/mol. The Morgan fingerprint density at radius 2 is 1.71 bits per heavy atom. The zero-order valence-electron chi connectivity index (χ0n) is 10.3. The minimum absolute atomic E-state index is 0.0438. The van der Waals surface area contributed by atoms with Crippen LogP contribution in [0.25, 0.3) is 0 Å². The third kappa shape index (κ3) is 3.77. The van der Waals surface area contributed by atoms with Gasteiger partial charge in [0, 0.05) is 26.2 Å². The molecule has 1 saturated heterocycles. The lowest BCUT2D eigenvalue weighted by molar-refractivity contribution is -0.132. The van der Waals surface area contributed by atoms with Gasteiger partial charge in [-0.2, -0.15) is 0 Å². The number of nitrogens with zero attached hydrogens (tertiary/aromatic N) is 2. The summed E-state index contributed by atoms with van der Waals surface area (Å²) in [7, 11) is 0. The highest BCUT2D eigenvalue weighted by Gasteiger charge is 2.27. The first kappa shape index (κ1) is 14.1. The molecule has 0 radical (unpaired) electrons. The molecule has 5 nitrogen and oxygen atoms in total. The summed E-state index contributed by atoms with van der Waals surface area (Å²) in [5, 5.41) is -0.454. The second-order valence-electron chi connectivity index (χ2n) is 3.89. The van der Waals surface area contributed by atoms with Crippen molar-refractivity contribution in [3.63, 3.8) is 0 Å². The van der Waals surface area contributed by atoms with Crippen molar-refractivity contribution in [3.05, 3.63) is 0 Å². The summed E-state index contributed by atoms with van der Waals surface area (Å²) >= 11 is 5.90. The lowest BCUT2D eigenvalue weighted by Gasteiger charge is -2.34. The summed E-state index contributed by atoms with van der Waals surface area (Å²) in [5.41, 5.74) is 0. The molecule has 0 spiro atoms. The molecule has 0 saturated carbocycles. The van der Waals surface area contributed by atoms with Crippen LogP contribution in [0.4, 0.5) is 4.79 Å². The molecule has 0 aromatic rings. The Morgan fingerprint density at radius 3 is 2.18 bits per heavy atom. The first-order valence-corrected chi connectivity index (χ1v) is 6.38. The highest BCUT2D eigenvalue weighted by Crippen LogP contribution is 2.10. The van der Waals surface area contributed by atoms with Crippen molar-refractivity contribution < 1.29 is 14.3 Å². The summed E-state index contributed by atoms with van der Waals surface area (Å²) in [6, 6.07) is 0. The van der Waals surface area contributed by atoms with Gasteiger partial charge in [0.1, 0.15) is 5.38 Å². The topological polar surface area (TPSA) is 49.9 Å². The fourth-order valence-corrected chi connectivity index (χ4v) is 1.83. The van der Waals surface area contributed by atoms with Crippen LogP contribution in [0.5, 0.6) is 0 Å². The number of rotatable bonds is 3. The van der Waals surface area contributed by atoms with Crippen LogP contribution in [-0.2, 0) is 9.53 Å². The third-order valence-corrected chi connectivity index (χ3v) is 3.24. The van der Waals surface area contributed by atoms with Gasteiger partial charge in [0.2, 0.25) is 5.91 Å². The zero-order valence-corrected chi connectivity index (χ0v) is 11.1. The van der Waals surface area contributed by atoms with Crippen LogP contribution >= 0.6 is 11.6 Å². The standard InChI is InChI=1S/C11H19ClN2O3/c1-3-9(12)10(15)13-5-7-14(8-6-13)11(16)17-4-2/h9H,3-8H2,1-2H3. The average molecular weight is 263 g/mol. The van der Waals surface area contributed by atoms with E-state index in [1.54, 1.807) is 16.7 Å². The number of amides is 2. The molecule has 1 heterocycles. The average Bonchev–Trinajstić information content (AvgIpc) is 2.37. The summed E-state index contributed by atoms with van der Waals surface area (Å²) < 4.78 is 4.90. The molecule has 17 heavy (non-hydrogen) atoms. The van der Waals surface area contributed by atoms with Crippen molar-refractivity contribution in [3.8, 4) is 0 Å². The number of piperazine rings is 1. The van der Waals surface area contributed by atoms with E-state index < -0.39 is 5.38 Å². The molecule has 0 N–H and O–H groups in total. The Hall–Kier alpha value is -0.970. The van der Waals surface area contributed by atoms with Gasteiger partial charge in [0.25, 0.3) is 0 Å². The molecule has 0 bridgehead atoms. The van der Waals surface area contributed by atoms with Crippen molar-refractivity contribution in [1.29, 1.82) is 0 Å². The quantitative estimate of drug-likeness (QED) is 0.721. The maximum atomic E-state index is 11.8. The maximum absolute atomic E-state index is 11.8. The van der Waals surface area contributed by atoms with Crippen LogP contribution in [0.2, 0.25) is 0 Å². The van der Waals surface area contributed by atoms with Crippen LogP contribution < -0.4 is 0 Å². The predicted molar refractivity (Wildman–Crippen MR) is 65.1 cm³/mol. The first-order valence-electron chi connectivity index (χ1n) is 5.94. The van der Waals surface area contributed by atoms with E-state index in [1.165, 1.54) is 0 Å². The number of alkyl halides is 1. The van der Waals surface area contributed by atoms with Crippen molar-refractivity contribution in [1.82, 2.24) is 9.80 Å². The molecule has 1 fully saturated rings. The Kier molecular flexibility index (Phi) is 5.55. The fraction of sp³-hybridized carbons (Fsp3) is 0.818. The van der Waals surface area contributed by atoms with Gasteiger partial charge in [0.15, 0.2) is 0 Å². The Labute approximate surface area is 107 Å². The van der Waals surface area contributed by atoms with E-state index in [1.807, 2.05) is 6.92 Å². The number of carbonyl (C=O) groups is 2. The molecule has 1 aliphatic rings.